The molecule has 0 atom stereocenters. The Balaban J connectivity index is 2.24. The van der Waals surface area contributed by atoms with Crippen LogP contribution in [0.2, 0.25) is 0 Å². The Labute approximate surface area is 192 Å². The first kappa shape index (κ1) is 23.4. The summed E-state index contributed by atoms with van der Waals surface area (Å²) in [4.78, 5) is 23.6. The molecule has 0 fully saturated rings. The number of rotatable bonds is 3. The van der Waals surface area contributed by atoms with E-state index in [0.717, 1.165) is 22.3 Å². The van der Waals surface area contributed by atoms with E-state index in [2.05, 4.69) is 10.6 Å². The highest BCUT2D eigenvalue weighted by Crippen LogP contribution is 2.32. The van der Waals surface area contributed by atoms with Crippen molar-refractivity contribution in [3.63, 3.8) is 0 Å². The van der Waals surface area contributed by atoms with Gasteiger partial charge in [-0.3, -0.25) is 9.59 Å². The molecule has 0 aliphatic rings. The highest BCUT2D eigenvalue weighted by atomic mass is 35.6. The Morgan fingerprint density at radius 2 is 1.00 bits per heavy atom. The molecular formula is C18H14Cl6N2O2. The maximum absolute atomic E-state index is 11.8. The van der Waals surface area contributed by atoms with E-state index >= 15 is 0 Å². The summed E-state index contributed by atoms with van der Waals surface area (Å²) in [6.45, 7) is 3.64. The number of hydrogen-bond acceptors (Lipinski definition) is 2. The highest BCUT2D eigenvalue weighted by molar-refractivity contribution is 6.77. The Morgan fingerprint density at radius 3 is 1.25 bits per heavy atom. The third kappa shape index (κ3) is 6.06. The van der Waals surface area contributed by atoms with Gasteiger partial charge in [0.2, 0.25) is 0 Å². The number of carbonyl (C=O) groups excluding carboxylic acids is 2. The molecule has 2 N–H and O–H groups in total. The molecule has 0 heterocycles. The van der Waals surface area contributed by atoms with Gasteiger partial charge in [0.05, 0.1) is 0 Å². The van der Waals surface area contributed by atoms with E-state index in [1.807, 2.05) is 38.1 Å². The van der Waals surface area contributed by atoms with E-state index in [-0.39, 0.29) is 0 Å². The fourth-order valence-electron chi connectivity index (χ4n) is 2.35. The molecule has 0 saturated carbocycles. The van der Waals surface area contributed by atoms with Crippen molar-refractivity contribution in [1.82, 2.24) is 0 Å². The van der Waals surface area contributed by atoms with Crippen molar-refractivity contribution in [2.24, 2.45) is 0 Å². The zero-order chi connectivity index (χ0) is 21.3. The SMILES string of the molecule is Cc1cc(-c2ccc(NC(=O)C(Cl)(Cl)Cl)c(C)c2)ccc1NC(=O)C(Cl)(Cl)Cl. The van der Waals surface area contributed by atoms with Crippen LogP contribution in [0.25, 0.3) is 11.1 Å². The fraction of sp³-hybridized carbons (Fsp3) is 0.222. The summed E-state index contributed by atoms with van der Waals surface area (Å²) in [5, 5.41) is 5.13. The molecule has 0 spiro atoms. The molecule has 150 valence electrons. The normalized spacial score (nSPS) is 11.9. The summed E-state index contributed by atoms with van der Waals surface area (Å²) in [7, 11) is 0. The molecule has 2 amide bonds. The Kier molecular flexibility index (Phi) is 7.41. The molecule has 0 aliphatic carbocycles. The summed E-state index contributed by atoms with van der Waals surface area (Å²) in [6.07, 6.45) is 0. The van der Waals surface area contributed by atoms with Crippen molar-refractivity contribution >= 4 is 92.8 Å². The van der Waals surface area contributed by atoms with Gasteiger partial charge in [0.15, 0.2) is 0 Å². The number of benzene rings is 2. The molecule has 0 bridgehead atoms. The molecule has 2 aromatic rings. The van der Waals surface area contributed by atoms with E-state index in [1.54, 1.807) is 12.1 Å². The fourth-order valence-corrected chi connectivity index (χ4v) is 2.64. The lowest BCUT2D eigenvalue weighted by atomic mass is 10.00. The lowest BCUT2D eigenvalue weighted by molar-refractivity contribution is -0.116. The van der Waals surface area contributed by atoms with E-state index in [0.29, 0.717) is 11.4 Å². The van der Waals surface area contributed by atoms with Crippen molar-refractivity contribution < 1.29 is 9.59 Å². The monoisotopic (exact) mass is 500 g/mol. The van der Waals surface area contributed by atoms with Crippen LogP contribution in [0, 0.1) is 13.8 Å². The number of alkyl halides is 6. The van der Waals surface area contributed by atoms with Crippen LogP contribution in [0.15, 0.2) is 36.4 Å². The predicted octanol–water partition coefficient (Wildman–Crippen LogP) is 6.59. The van der Waals surface area contributed by atoms with E-state index in [1.165, 1.54) is 0 Å². The molecule has 0 radical (unpaired) electrons. The van der Waals surface area contributed by atoms with Gasteiger partial charge in [-0.2, -0.15) is 0 Å². The van der Waals surface area contributed by atoms with Crippen molar-refractivity contribution in [2.75, 3.05) is 10.6 Å². The smallest absolute Gasteiger partial charge is 0.276 e. The van der Waals surface area contributed by atoms with Gasteiger partial charge in [-0.25, -0.2) is 0 Å². The van der Waals surface area contributed by atoms with Crippen molar-refractivity contribution in [2.45, 2.75) is 21.4 Å². The van der Waals surface area contributed by atoms with Crippen molar-refractivity contribution in [3.8, 4) is 11.1 Å². The molecule has 28 heavy (non-hydrogen) atoms. The second kappa shape index (κ2) is 8.86. The molecule has 10 heteroatoms. The van der Waals surface area contributed by atoms with Crippen LogP contribution in [-0.4, -0.2) is 19.4 Å². The second-order valence-corrected chi connectivity index (χ2v) is 10.5. The maximum Gasteiger partial charge on any atom is 0.276 e. The average molecular weight is 503 g/mol. The van der Waals surface area contributed by atoms with Gasteiger partial charge in [-0.1, -0.05) is 81.7 Å². The lowest BCUT2D eigenvalue weighted by Crippen LogP contribution is -2.27. The van der Waals surface area contributed by atoms with Crippen LogP contribution in [0.4, 0.5) is 11.4 Å². The summed E-state index contributed by atoms with van der Waals surface area (Å²) in [5.74, 6) is -1.48. The van der Waals surface area contributed by atoms with Gasteiger partial charge in [0.25, 0.3) is 19.4 Å². The van der Waals surface area contributed by atoms with E-state index in [9.17, 15) is 9.59 Å². The molecule has 0 unspecified atom stereocenters. The van der Waals surface area contributed by atoms with Crippen LogP contribution in [-0.2, 0) is 9.59 Å². The minimum Gasteiger partial charge on any atom is -0.322 e. The van der Waals surface area contributed by atoms with Crippen LogP contribution >= 0.6 is 69.6 Å². The third-order valence-corrected chi connectivity index (χ3v) is 4.83. The summed E-state index contributed by atoms with van der Waals surface area (Å²) in [5.41, 5.74) is 4.42. The zero-order valence-corrected chi connectivity index (χ0v) is 19.1. The number of hydrogen-bond donors (Lipinski definition) is 2. The van der Waals surface area contributed by atoms with Crippen molar-refractivity contribution in [3.05, 3.63) is 47.5 Å². The molecule has 0 aromatic heterocycles. The van der Waals surface area contributed by atoms with Crippen LogP contribution in [0.5, 0.6) is 0 Å². The molecule has 2 aromatic carbocycles. The Morgan fingerprint density at radius 1 is 0.679 bits per heavy atom. The molecular weight excluding hydrogens is 489 g/mol. The quantitative estimate of drug-likeness (QED) is 0.465. The number of amides is 2. The van der Waals surface area contributed by atoms with Gasteiger partial charge in [-0.15, -0.1) is 0 Å². The van der Waals surface area contributed by atoms with Crippen LogP contribution < -0.4 is 10.6 Å². The zero-order valence-electron chi connectivity index (χ0n) is 14.5. The number of halogens is 6. The summed E-state index contributed by atoms with van der Waals surface area (Å²) < 4.78 is -4.09. The number of carbonyl (C=O) groups is 2. The molecule has 0 saturated heterocycles. The largest absolute Gasteiger partial charge is 0.322 e. The Hall–Kier alpha value is -0.880. The first-order valence-corrected chi connectivity index (χ1v) is 10.0. The molecule has 4 nitrogen and oxygen atoms in total. The number of anilines is 2. The van der Waals surface area contributed by atoms with Gasteiger partial charge >= 0.3 is 0 Å². The lowest BCUT2D eigenvalue weighted by Gasteiger charge is -2.16. The third-order valence-electron chi connectivity index (χ3n) is 3.80. The minimum atomic E-state index is -2.05. The van der Waals surface area contributed by atoms with Crippen LogP contribution in [0.3, 0.4) is 0 Å². The summed E-state index contributed by atoms with van der Waals surface area (Å²) >= 11 is 33.4. The average Bonchev–Trinajstić information content (AvgIpc) is 2.56. The second-order valence-electron chi connectivity index (χ2n) is 5.96. The van der Waals surface area contributed by atoms with E-state index in [4.69, 9.17) is 69.6 Å². The van der Waals surface area contributed by atoms with Crippen LogP contribution in [0.1, 0.15) is 11.1 Å². The highest BCUT2D eigenvalue weighted by Gasteiger charge is 2.31. The first-order valence-electron chi connectivity index (χ1n) is 7.77. The first-order chi connectivity index (χ1) is 12.8. The van der Waals surface area contributed by atoms with Gasteiger partial charge in [0.1, 0.15) is 0 Å². The van der Waals surface area contributed by atoms with Crippen molar-refractivity contribution in [1.29, 1.82) is 0 Å². The minimum absolute atomic E-state index is 0.531. The molecule has 2 rings (SSSR count). The van der Waals surface area contributed by atoms with Gasteiger partial charge in [0, 0.05) is 11.4 Å². The van der Waals surface area contributed by atoms with Gasteiger partial charge in [-0.05, 0) is 60.4 Å². The summed E-state index contributed by atoms with van der Waals surface area (Å²) in [6, 6.07) is 10.8. The number of aryl methyl sites for hydroxylation is 2. The Bertz CT molecular complexity index is 844. The predicted molar refractivity (Wildman–Crippen MR) is 119 cm³/mol. The molecule has 0 aliphatic heterocycles. The topological polar surface area (TPSA) is 58.2 Å². The maximum atomic E-state index is 11.8. The number of nitrogens with one attached hydrogen (secondary N) is 2. The van der Waals surface area contributed by atoms with Gasteiger partial charge < -0.3 is 10.6 Å². The standard InChI is InChI=1S/C18H14Cl6N2O2/c1-9-7-11(3-5-13(9)25-15(27)17(19,20)21)12-4-6-14(10(2)8-12)26-16(28)18(22,23)24/h3-8H,1-2H3,(H,25,27)(H,26,28). The van der Waals surface area contributed by atoms with E-state index < -0.39 is 19.4 Å².